The molecule has 0 aliphatic rings. The first-order valence-corrected chi connectivity index (χ1v) is 5.45. The van der Waals surface area contributed by atoms with Gasteiger partial charge in [-0.3, -0.25) is 14.9 Å². The molecule has 1 atom stereocenters. The predicted molar refractivity (Wildman–Crippen MR) is 65.9 cm³/mol. The van der Waals surface area contributed by atoms with Crippen LogP contribution >= 0.6 is 0 Å². The van der Waals surface area contributed by atoms with Crippen LogP contribution in [0.3, 0.4) is 0 Å². The number of nitrogens with zero attached hydrogens (tertiary/aromatic N) is 2. The summed E-state index contributed by atoms with van der Waals surface area (Å²) >= 11 is 0. The van der Waals surface area contributed by atoms with Gasteiger partial charge in [-0.15, -0.1) is 0 Å². The number of benzene rings is 1. The van der Waals surface area contributed by atoms with Crippen LogP contribution in [0.25, 0.3) is 0 Å². The van der Waals surface area contributed by atoms with E-state index in [-0.39, 0.29) is 5.69 Å². The predicted octanol–water partition coefficient (Wildman–Crippen LogP) is 2.39. The molecule has 0 bridgehead atoms. The minimum atomic E-state index is -0.708. The lowest BCUT2D eigenvalue weighted by Gasteiger charge is -2.08. The van der Waals surface area contributed by atoms with E-state index in [2.05, 4.69) is 5.32 Å². The van der Waals surface area contributed by atoms with E-state index in [1.54, 1.807) is 13.8 Å². The zero-order valence-electron chi connectivity index (χ0n) is 10.1. The van der Waals surface area contributed by atoms with Crippen molar-refractivity contribution >= 4 is 17.3 Å². The Balaban J connectivity index is 2.88. The summed E-state index contributed by atoms with van der Waals surface area (Å²) in [6.45, 7) is 3.34. The number of rotatable bonds is 4. The Morgan fingerprint density at radius 3 is 2.72 bits per heavy atom. The second-order valence-electron chi connectivity index (χ2n) is 3.84. The molecule has 18 heavy (non-hydrogen) atoms. The molecule has 0 fully saturated rings. The van der Waals surface area contributed by atoms with Gasteiger partial charge in [0.25, 0.3) is 5.69 Å². The number of nitrogens with one attached hydrogen (secondary N) is 1. The minimum Gasteiger partial charge on any atom is -0.325 e. The van der Waals surface area contributed by atoms with Crippen molar-refractivity contribution in [3.63, 3.8) is 0 Å². The average Bonchev–Trinajstić information content (AvgIpc) is 2.30. The van der Waals surface area contributed by atoms with Crippen molar-refractivity contribution < 1.29 is 9.72 Å². The number of nitriles is 1. The van der Waals surface area contributed by atoms with Gasteiger partial charge >= 0.3 is 0 Å². The van der Waals surface area contributed by atoms with Crippen molar-refractivity contribution in [1.29, 1.82) is 5.26 Å². The average molecular weight is 247 g/mol. The second kappa shape index (κ2) is 5.77. The van der Waals surface area contributed by atoms with Crippen LogP contribution in [-0.4, -0.2) is 10.8 Å². The number of carbonyl (C=O) groups is 1. The van der Waals surface area contributed by atoms with Crippen molar-refractivity contribution in [3.05, 3.63) is 33.9 Å². The number of anilines is 1. The third-order valence-corrected chi connectivity index (χ3v) is 2.54. The molecule has 6 heteroatoms. The van der Waals surface area contributed by atoms with Crippen molar-refractivity contribution in [2.45, 2.75) is 20.3 Å². The molecule has 0 saturated heterocycles. The highest BCUT2D eigenvalue weighted by molar-refractivity contribution is 5.94. The third-order valence-electron chi connectivity index (χ3n) is 2.54. The molecule has 0 aromatic heterocycles. The van der Waals surface area contributed by atoms with Gasteiger partial charge in [0.05, 0.1) is 11.0 Å². The fourth-order valence-electron chi connectivity index (χ4n) is 1.50. The molecular weight excluding hydrogens is 234 g/mol. The van der Waals surface area contributed by atoms with E-state index >= 15 is 0 Å². The Kier molecular flexibility index (Phi) is 4.38. The summed E-state index contributed by atoms with van der Waals surface area (Å²) in [6.07, 6.45) is 0.425. The molecule has 0 aliphatic carbocycles. The van der Waals surface area contributed by atoms with Gasteiger partial charge in [-0.1, -0.05) is 6.92 Å². The molecule has 1 aromatic carbocycles. The highest BCUT2D eigenvalue weighted by atomic mass is 16.6. The molecule has 1 unspecified atom stereocenters. The molecule has 0 spiro atoms. The van der Waals surface area contributed by atoms with Crippen LogP contribution < -0.4 is 5.32 Å². The highest BCUT2D eigenvalue weighted by Gasteiger charge is 2.16. The zero-order chi connectivity index (χ0) is 13.7. The fraction of sp³-hybridized carbons (Fsp3) is 0.333. The second-order valence-corrected chi connectivity index (χ2v) is 3.84. The van der Waals surface area contributed by atoms with E-state index in [9.17, 15) is 14.9 Å². The molecule has 0 radical (unpaired) electrons. The highest BCUT2D eigenvalue weighted by Crippen LogP contribution is 2.22. The summed E-state index contributed by atoms with van der Waals surface area (Å²) in [6, 6.07) is 6.19. The maximum Gasteiger partial charge on any atom is 0.272 e. The van der Waals surface area contributed by atoms with E-state index in [4.69, 9.17) is 5.26 Å². The molecular formula is C12H13N3O3. The van der Waals surface area contributed by atoms with Crippen LogP contribution in [0.1, 0.15) is 18.9 Å². The van der Waals surface area contributed by atoms with Gasteiger partial charge in [0, 0.05) is 17.3 Å². The van der Waals surface area contributed by atoms with E-state index in [1.807, 2.05) is 6.07 Å². The first kappa shape index (κ1) is 13.6. The summed E-state index contributed by atoms with van der Waals surface area (Å²) in [5.74, 6) is -1.10. The van der Waals surface area contributed by atoms with Crippen LogP contribution in [0.4, 0.5) is 11.4 Å². The quantitative estimate of drug-likeness (QED) is 0.652. The maximum absolute atomic E-state index is 11.6. The number of nitro benzene ring substituents is 1. The lowest BCUT2D eigenvalue weighted by atomic mass is 10.1. The van der Waals surface area contributed by atoms with Crippen LogP contribution in [0.15, 0.2) is 18.2 Å². The van der Waals surface area contributed by atoms with Crippen LogP contribution in [-0.2, 0) is 4.79 Å². The fourth-order valence-corrected chi connectivity index (χ4v) is 1.50. The Bertz CT molecular complexity index is 520. The molecule has 0 aliphatic heterocycles. The minimum absolute atomic E-state index is 0.000300. The van der Waals surface area contributed by atoms with E-state index < -0.39 is 16.7 Å². The Hall–Kier alpha value is -2.42. The largest absolute Gasteiger partial charge is 0.325 e. The van der Waals surface area contributed by atoms with E-state index in [0.29, 0.717) is 17.7 Å². The van der Waals surface area contributed by atoms with Crippen LogP contribution in [0.5, 0.6) is 0 Å². The molecule has 94 valence electrons. The molecule has 1 N–H and O–H groups in total. The number of nitro groups is 1. The van der Waals surface area contributed by atoms with Crippen molar-refractivity contribution in [1.82, 2.24) is 0 Å². The number of hydrogen-bond acceptors (Lipinski definition) is 4. The van der Waals surface area contributed by atoms with Gasteiger partial charge in [-0.2, -0.15) is 5.26 Å². The van der Waals surface area contributed by atoms with Crippen molar-refractivity contribution in [2.24, 2.45) is 5.92 Å². The summed E-state index contributed by atoms with van der Waals surface area (Å²) in [5.41, 5.74) is 0.917. The Morgan fingerprint density at radius 1 is 1.61 bits per heavy atom. The van der Waals surface area contributed by atoms with Gasteiger partial charge in [0.2, 0.25) is 5.91 Å². The summed E-state index contributed by atoms with van der Waals surface area (Å²) in [5, 5.41) is 21.9. The van der Waals surface area contributed by atoms with Crippen molar-refractivity contribution in [3.8, 4) is 6.07 Å². The Labute approximate surface area is 104 Å². The van der Waals surface area contributed by atoms with Crippen LogP contribution in [0, 0.1) is 34.3 Å². The number of aryl methyl sites for hydroxylation is 1. The number of amides is 1. The lowest BCUT2D eigenvalue weighted by molar-refractivity contribution is -0.385. The van der Waals surface area contributed by atoms with Gasteiger partial charge in [0.15, 0.2) is 0 Å². The van der Waals surface area contributed by atoms with E-state index in [1.165, 1.54) is 18.2 Å². The third kappa shape index (κ3) is 3.04. The van der Waals surface area contributed by atoms with Gasteiger partial charge in [-0.05, 0) is 25.5 Å². The monoisotopic (exact) mass is 247 g/mol. The first-order valence-electron chi connectivity index (χ1n) is 5.45. The molecule has 1 rings (SSSR count). The lowest BCUT2D eigenvalue weighted by Crippen LogP contribution is -2.20. The number of carbonyl (C=O) groups excluding carboxylic acids is 1. The topological polar surface area (TPSA) is 96.0 Å². The van der Waals surface area contributed by atoms with Gasteiger partial charge < -0.3 is 5.32 Å². The molecule has 1 amide bonds. The number of hydrogen-bond donors (Lipinski definition) is 1. The van der Waals surface area contributed by atoms with E-state index in [0.717, 1.165) is 0 Å². The molecule has 6 nitrogen and oxygen atoms in total. The molecule has 0 saturated carbocycles. The van der Waals surface area contributed by atoms with Crippen molar-refractivity contribution in [2.75, 3.05) is 5.32 Å². The van der Waals surface area contributed by atoms with Gasteiger partial charge in [0.1, 0.15) is 5.92 Å². The maximum atomic E-state index is 11.6. The molecule has 1 aromatic rings. The first-order chi connectivity index (χ1) is 8.49. The SMILES string of the molecule is CCC(C#N)C(=O)Nc1ccc([N+](=O)[O-])c(C)c1. The normalized spacial score (nSPS) is 11.4. The standard InChI is InChI=1S/C12H13N3O3/c1-3-9(7-13)12(16)14-10-4-5-11(15(17)18)8(2)6-10/h4-6,9H,3H2,1-2H3,(H,14,16). The smallest absolute Gasteiger partial charge is 0.272 e. The van der Waals surface area contributed by atoms with Crippen LogP contribution in [0.2, 0.25) is 0 Å². The molecule has 0 heterocycles. The summed E-state index contributed by atoms with van der Waals surface area (Å²) < 4.78 is 0. The Morgan fingerprint density at radius 2 is 2.28 bits per heavy atom. The summed E-state index contributed by atoms with van der Waals surface area (Å²) in [4.78, 5) is 21.8. The summed E-state index contributed by atoms with van der Waals surface area (Å²) in [7, 11) is 0. The van der Waals surface area contributed by atoms with Gasteiger partial charge in [-0.25, -0.2) is 0 Å². The zero-order valence-corrected chi connectivity index (χ0v) is 10.1.